The first-order chi connectivity index (χ1) is 16.1. The average molecular weight is 491 g/mol. The summed E-state index contributed by atoms with van der Waals surface area (Å²) in [7, 11) is -2.26. The second-order valence-corrected chi connectivity index (χ2v) is 11.2. The van der Waals surface area contributed by atoms with Crippen LogP contribution in [0.25, 0.3) is 11.1 Å². The molecule has 1 aliphatic carbocycles. The zero-order chi connectivity index (χ0) is 24.6. The number of hydrogen-bond donors (Lipinski definition) is 1. The largest absolute Gasteiger partial charge is 0.487 e. The third kappa shape index (κ3) is 4.82. The van der Waals surface area contributed by atoms with Gasteiger partial charge < -0.3 is 14.7 Å². The minimum atomic E-state index is -3.99. The van der Waals surface area contributed by atoms with Crippen LogP contribution in [0.2, 0.25) is 0 Å². The van der Waals surface area contributed by atoms with Gasteiger partial charge >= 0.3 is 0 Å². The topological polar surface area (TPSA) is 87.2 Å². The van der Waals surface area contributed by atoms with E-state index in [-0.39, 0.29) is 41.5 Å². The van der Waals surface area contributed by atoms with Gasteiger partial charge in [0.25, 0.3) is 0 Å². The predicted molar refractivity (Wildman–Crippen MR) is 126 cm³/mol. The Hall–Kier alpha value is -2.49. The Morgan fingerprint density at radius 1 is 1.26 bits per heavy atom. The molecule has 0 unspecified atom stereocenters. The van der Waals surface area contributed by atoms with Crippen LogP contribution in [0, 0.1) is 17.7 Å². The van der Waals surface area contributed by atoms with Crippen LogP contribution in [0.4, 0.5) is 4.39 Å². The van der Waals surface area contributed by atoms with Gasteiger partial charge in [0.15, 0.2) is 0 Å². The molecular weight excluding hydrogens is 459 g/mol. The molecule has 3 atom stereocenters. The van der Waals surface area contributed by atoms with Gasteiger partial charge in [-0.2, -0.15) is 4.31 Å². The highest BCUT2D eigenvalue weighted by atomic mass is 32.2. The fourth-order valence-electron chi connectivity index (χ4n) is 4.31. The zero-order valence-electron chi connectivity index (χ0n) is 19.6. The van der Waals surface area contributed by atoms with E-state index in [1.807, 2.05) is 6.92 Å². The lowest BCUT2D eigenvalue weighted by atomic mass is 10.0. The van der Waals surface area contributed by atoms with E-state index in [2.05, 4.69) is 0 Å². The number of carbonyl (C=O) groups is 1. The number of halogens is 1. The van der Waals surface area contributed by atoms with Gasteiger partial charge in [-0.15, -0.1) is 0 Å². The molecule has 1 amide bonds. The predicted octanol–water partition coefficient (Wildman–Crippen LogP) is 3.13. The van der Waals surface area contributed by atoms with Crippen LogP contribution in [-0.2, 0) is 14.8 Å². The molecule has 0 saturated heterocycles. The van der Waals surface area contributed by atoms with Crippen molar-refractivity contribution in [2.75, 3.05) is 26.7 Å². The van der Waals surface area contributed by atoms with Crippen molar-refractivity contribution < 1.29 is 27.4 Å². The van der Waals surface area contributed by atoms with E-state index >= 15 is 0 Å². The molecule has 1 aliphatic heterocycles. The Kier molecular flexibility index (Phi) is 6.98. The summed E-state index contributed by atoms with van der Waals surface area (Å²) in [5.74, 6) is -0.471. The van der Waals surface area contributed by atoms with Gasteiger partial charge in [-0.05, 0) is 43.5 Å². The van der Waals surface area contributed by atoms with Gasteiger partial charge in [0, 0.05) is 37.0 Å². The van der Waals surface area contributed by atoms with Crippen LogP contribution in [0.1, 0.15) is 26.7 Å². The molecule has 0 bridgehead atoms. The monoisotopic (exact) mass is 490 g/mol. The summed E-state index contributed by atoms with van der Waals surface area (Å²) in [5.41, 5.74) is 0.822. The molecule has 184 valence electrons. The molecule has 0 radical (unpaired) electrons. The van der Waals surface area contributed by atoms with E-state index < -0.39 is 28.0 Å². The number of nitrogens with zero attached hydrogens (tertiary/aromatic N) is 2. The molecule has 1 heterocycles. The maximum atomic E-state index is 14.5. The van der Waals surface area contributed by atoms with E-state index in [0.717, 1.165) is 12.8 Å². The summed E-state index contributed by atoms with van der Waals surface area (Å²) >= 11 is 0. The van der Waals surface area contributed by atoms with Crippen molar-refractivity contribution in [2.45, 2.75) is 43.7 Å². The Balaban J connectivity index is 1.78. The maximum absolute atomic E-state index is 14.5. The molecule has 34 heavy (non-hydrogen) atoms. The fraction of sp³-hybridized carbons (Fsp3) is 0.480. The number of ether oxygens (including phenoxy) is 1. The number of sulfonamides is 1. The normalized spacial score (nSPS) is 23.2. The molecule has 0 aromatic heterocycles. The number of carbonyl (C=O) groups excluding carboxylic acids is 1. The molecule has 1 N–H and O–H groups in total. The summed E-state index contributed by atoms with van der Waals surface area (Å²) in [5, 5.41) is 9.76. The molecule has 9 heteroatoms. The Morgan fingerprint density at radius 2 is 1.97 bits per heavy atom. The number of rotatable bonds is 6. The van der Waals surface area contributed by atoms with Gasteiger partial charge in [0.05, 0.1) is 13.2 Å². The van der Waals surface area contributed by atoms with E-state index in [1.54, 1.807) is 49.2 Å². The second kappa shape index (κ2) is 9.64. The van der Waals surface area contributed by atoms with Crippen molar-refractivity contribution in [3.05, 3.63) is 48.3 Å². The van der Waals surface area contributed by atoms with Gasteiger partial charge in [0.2, 0.25) is 15.9 Å². The number of fused-ring (bicyclic) bond motifs is 1. The van der Waals surface area contributed by atoms with Crippen molar-refractivity contribution in [2.24, 2.45) is 11.8 Å². The number of amides is 1. The van der Waals surface area contributed by atoms with Crippen LogP contribution in [0.3, 0.4) is 0 Å². The summed E-state index contributed by atoms with van der Waals surface area (Å²) in [6.07, 6.45) is 1.28. The van der Waals surface area contributed by atoms with Crippen molar-refractivity contribution in [1.82, 2.24) is 9.21 Å². The first-order valence-corrected chi connectivity index (χ1v) is 13.0. The van der Waals surface area contributed by atoms with E-state index in [0.29, 0.717) is 17.7 Å². The van der Waals surface area contributed by atoms with Crippen molar-refractivity contribution in [3.8, 4) is 16.9 Å². The van der Waals surface area contributed by atoms with Crippen molar-refractivity contribution in [3.63, 3.8) is 0 Å². The van der Waals surface area contributed by atoms with Crippen LogP contribution >= 0.6 is 0 Å². The molecular formula is C25H31FN2O5S. The zero-order valence-corrected chi connectivity index (χ0v) is 20.5. The Bertz CT molecular complexity index is 1170. The number of aliphatic hydroxyl groups is 1. The highest BCUT2D eigenvalue weighted by Gasteiger charge is 2.39. The van der Waals surface area contributed by atoms with Gasteiger partial charge in [0.1, 0.15) is 22.6 Å². The summed E-state index contributed by atoms with van der Waals surface area (Å²) < 4.78 is 49.2. The van der Waals surface area contributed by atoms with Crippen LogP contribution in [0.5, 0.6) is 5.75 Å². The number of likely N-dealkylation sites (N-methyl/N-ethyl adjacent to an activating group) is 1. The van der Waals surface area contributed by atoms with E-state index in [9.17, 15) is 22.7 Å². The van der Waals surface area contributed by atoms with Gasteiger partial charge in [-0.1, -0.05) is 31.2 Å². The van der Waals surface area contributed by atoms with Crippen LogP contribution in [0.15, 0.2) is 47.4 Å². The van der Waals surface area contributed by atoms with E-state index in [1.165, 1.54) is 16.4 Å². The number of benzene rings is 2. The first-order valence-electron chi connectivity index (χ1n) is 11.6. The molecule has 7 nitrogen and oxygen atoms in total. The lowest BCUT2D eigenvalue weighted by Gasteiger charge is -2.37. The SMILES string of the molecule is C[C@@H]1CN([C@H](C)CO)S(=O)(=O)c2ccc(-c3ccccc3F)cc2O[C@@H]1CN(C)C(=O)C1CC1. The molecule has 1 saturated carbocycles. The highest BCUT2D eigenvalue weighted by molar-refractivity contribution is 7.89. The van der Waals surface area contributed by atoms with Gasteiger partial charge in [-0.3, -0.25) is 4.79 Å². The summed E-state index contributed by atoms with van der Waals surface area (Å²) in [6.45, 7) is 3.62. The fourth-order valence-corrected chi connectivity index (χ4v) is 6.13. The van der Waals surface area contributed by atoms with Crippen molar-refractivity contribution in [1.29, 1.82) is 0 Å². The molecule has 2 aromatic rings. The molecule has 2 aromatic carbocycles. The minimum absolute atomic E-state index is 0.0408. The first kappa shape index (κ1) is 24.6. The third-order valence-electron chi connectivity index (χ3n) is 6.61. The summed E-state index contributed by atoms with van der Waals surface area (Å²) in [6, 6.07) is 10.1. The standard InChI is InChI=1S/C25H31FN2O5S/c1-16-13-28(17(2)15-29)34(31,32)24-11-10-19(20-6-4-5-7-21(20)26)12-22(24)33-23(16)14-27(3)25(30)18-8-9-18/h4-7,10-12,16-18,23,29H,8-9,13-15H2,1-3H3/t16-,17-,23-/m1/s1. The smallest absolute Gasteiger partial charge is 0.247 e. The maximum Gasteiger partial charge on any atom is 0.247 e. The highest BCUT2D eigenvalue weighted by Crippen LogP contribution is 2.37. The summed E-state index contributed by atoms with van der Waals surface area (Å²) in [4.78, 5) is 14.2. The average Bonchev–Trinajstić information content (AvgIpc) is 3.66. The third-order valence-corrected chi connectivity index (χ3v) is 8.63. The number of hydrogen-bond acceptors (Lipinski definition) is 5. The van der Waals surface area contributed by atoms with Crippen molar-refractivity contribution >= 4 is 15.9 Å². The molecule has 1 fully saturated rings. The molecule has 4 rings (SSSR count). The Labute approximate surface area is 200 Å². The van der Waals surface area contributed by atoms with Crippen LogP contribution in [-0.4, -0.2) is 67.5 Å². The lowest BCUT2D eigenvalue weighted by Crippen LogP contribution is -2.50. The molecule has 0 spiro atoms. The number of aliphatic hydroxyl groups excluding tert-OH is 1. The van der Waals surface area contributed by atoms with Gasteiger partial charge in [-0.25, -0.2) is 12.8 Å². The molecule has 2 aliphatic rings. The minimum Gasteiger partial charge on any atom is -0.487 e. The van der Waals surface area contributed by atoms with Crippen LogP contribution < -0.4 is 4.74 Å². The second-order valence-electron chi connectivity index (χ2n) is 9.37. The lowest BCUT2D eigenvalue weighted by molar-refractivity contribution is -0.132. The Morgan fingerprint density at radius 3 is 2.62 bits per heavy atom. The van der Waals surface area contributed by atoms with E-state index in [4.69, 9.17) is 4.74 Å². The quantitative estimate of drug-likeness (QED) is 0.672.